The van der Waals surface area contributed by atoms with Crippen molar-refractivity contribution in [1.29, 1.82) is 5.26 Å². The molecule has 21 heavy (non-hydrogen) atoms. The molecule has 106 valence electrons. The van der Waals surface area contributed by atoms with Crippen molar-refractivity contribution in [3.8, 4) is 11.8 Å². The molecule has 0 fully saturated rings. The van der Waals surface area contributed by atoms with Gasteiger partial charge < -0.3 is 5.11 Å². The maximum Gasteiger partial charge on any atom is 0.192 e. The monoisotopic (exact) mass is 299 g/mol. The van der Waals surface area contributed by atoms with Gasteiger partial charge in [-0.2, -0.15) is 5.26 Å². The number of phenolic OH excluding ortho intramolecular Hbond substituents is 1. The maximum atomic E-state index is 12.3. The van der Waals surface area contributed by atoms with Gasteiger partial charge in [-0.3, -0.25) is 0 Å². The molecule has 0 amide bonds. The Bertz CT molecular complexity index is 803. The molecule has 0 unspecified atom stereocenters. The molecule has 0 radical (unpaired) electrons. The first-order valence-electron chi connectivity index (χ1n) is 6.19. The van der Waals surface area contributed by atoms with E-state index in [0.717, 1.165) is 0 Å². The minimum Gasteiger partial charge on any atom is -0.508 e. The number of phenols is 1. The van der Waals surface area contributed by atoms with Crippen LogP contribution in [0, 0.1) is 11.3 Å². The molecule has 0 atom stereocenters. The minimum absolute atomic E-state index is 0.0153. The second-order valence-electron chi connectivity index (χ2n) is 4.46. The van der Waals surface area contributed by atoms with E-state index in [2.05, 4.69) is 0 Å². The fraction of sp³-hybridized carbons (Fsp3) is 0.0625. The molecule has 0 saturated heterocycles. The van der Waals surface area contributed by atoms with E-state index in [1.807, 2.05) is 0 Å². The summed E-state index contributed by atoms with van der Waals surface area (Å²) in [7, 11) is -3.72. The molecule has 2 rings (SSSR count). The van der Waals surface area contributed by atoms with E-state index in [0.29, 0.717) is 11.1 Å². The van der Waals surface area contributed by atoms with Crippen molar-refractivity contribution in [2.75, 3.05) is 0 Å². The van der Waals surface area contributed by atoms with Crippen molar-refractivity contribution in [1.82, 2.24) is 0 Å². The Balaban J connectivity index is 2.34. The van der Waals surface area contributed by atoms with Crippen molar-refractivity contribution in [3.05, 3.63) is 70.6 Å². The Kier molecular flexibility index (Phi) is 4.41. The molecule has 0 heterocycles. The van der Waals surface area contributed by atoms with Crippen LogP contribution < -0.4 is 0 Å². The molecule has 5 heteroatoms. The minimum atomic E-state index is -3.72. The second-order valence-corrected chi connectivity index (χ2v) is 6.42. The van der Waals surface area contributed by atoms with E-state index in [4.69, 9.17) is 5.26 Å². The van der Waals surface area contributed by atoms with Gasteiger partial charge in [-0.25, -0.2) is 8.42 Å². The third-order valence-electron chi connectivity index (χ3n) is 2.81. The van der Waals surface area contributed by atoms with Crippen LogP contribution in [0.25, 0.3) is 6.08 Å². The van der Waals surface area contributed by atoms with Crippen molar-refractivity contribution in [2.24, 2.45) is 0 Å². The topological polar surface area (TPSA) is 78.2 Å². The van der Waals surface area contributed by atoms with Crippen LogP contribution in [0.3, 0.4) is 0 Å². The van der Waals surface area contributed by atoms with Crippen LogP contribution in [-0.4, -0.2) is 13.5 Å². The predicted octanol–water partition coefficient (Wildman–Crippen LogP) is 2.87. The molecule has 0 bridgehead atoms. The summed E-state index contributed by atoms with van der Waals surface area (Å²) in [5, 5.41) is 18.5. The van der Waals surface area contributed by atoms with Crippen LogP contribution in [0.15, 0.2) is 59.5 Å². The number of hydrogen-bond donors (Lipinski definition) is 1. The Labute approximate surface area is 123 Å². The van der Waals surface area contributed by atoms with Crippen LogP contribution in [0.5, 0.6) is 5.75 Å². The predicted molar refractivity (Wildman–Crippen MR) is 80.8 cm³/mol. The molecule has 0 aliphatic carbocycles. The van der Waals surface area contributed by atoms with Crippen LogP contribution in [0.2, 0.25) is 0 Å². The van der Waals surface area contributed by atoms with Gasteiger partial charge in [0.15, 0.2) is 9.84 Å². The quantitative estimate of drug-likeness (QED) is 0.880. The van der Waals surface area contributed by atoms with Gasteiger partial charge in [-0.1, -0.05) is 42.5 Å². The standard InChI is InChI=1S/C16H13NO3S/c17-11-16(10-14-7-4-8-15(18)9-14)21(19,20)12-13-5-2-1-3-6-13/h1-10,18H,12H2/b16-10-. The van der Waals surface area contributed by atoms with E-state index >= 15 is 0 Å². The molecular weight excluding hydrogens is 286 g/mol. The second kappa shape index (κ2) is 6.25. The summed E-state index contributed by atoms with van der Waals surface area (Å²) in [6.45, 7) is 0. The molecule has 0 spiro atoms. The molecule has 4 nitrogen and oxygen atoms in total. The molecular formula is C16H13NO3S. The SMILES string of the molecule is N#C/C(=C/c1cccc(O)c1)S(=O)(=O)Cc1ccccc1. The van der Waals surface area contributed by atoms with Crippen molar-refractivity contribution in [3.63, 3.8) is 0 Å². The van der Waals surface area contributed by atoms with E-state index < -0.39 is 9.84 Å². The summed E-state index contributed by atoms with van der Waals surface area (Å²) in [4.78, 5) is -0.322. The molecule has 2 aromatic rings. The number of nitrogens with zero attached hydrogens (tertiary/aromatic N) is 1. The van der Waals surface area contributed by atoms with Gasteiger partial charge in [0.2, 0.25) is 0 Å². The highest BCUT2D eigenvalue weighted by Gasteiger charge is 2.18. The first-order valence-corrected chi connectivity index (χ1v) is 7.84. The van der Waals surface area contributed by atoms with Crippen LogP contribution in [0.1, 0.15) is 11.1 Å². The van der Waals surface area contributed by atoms with Crippen LogP contribution in [-0.2, 0) is 15.6 Å². The van der Waals surface area contributed by atoms with Crippen LogP contribution >= 0.6 is 0 Å². The average molecular weight is 299 g/mol. The number of benzene rings is 2. The third-order valence-corrected chi connectivity index (χ3v) is 4.41. The van der Waals surface area contributed by atoms with E-state index in [-0.39, 0.29) is 16.4 Å². The van der Waals surface area contributed by atoms with Crippen molar-refractivity contribution < 1.29 is 13.5 Å². The lowest BCUT2D eigenvalue weighted by Crippen LogP contribution is -2.06. The lowest BCUT2D eigenvalue weighted by molar-refractivity contribution is 0.475. The van der Waals surface area contributed by atoms with Crippen molar-refractivity contribution in [2.45, 2.75) is 5.75 Å². The van der Waals surface area contributed by atoms with Gasteiger partial charge in [0, 0.05) is 0 Å². The molecule has 1 N–H and O–H groups in total. The summed E-state index contributed by atoms with van der Waals surface area (Å²) in [6.07, 6.45) is 1.26. The van der Waals surface area contributed by atoms with Gasteiger partial charge in [0.25, 0.3) is 0 Å². The summed E-state index contributed by atoms with van der Waals surface area (Å²) < 4.78 is 24.5. The number of sulfone groups is 1. The zero-order chi connectivity index (χ0) is 15.3. The highest BCUT2D eigenvalue weighted by atomic mass is 32.2. The third kappa shape index (κ3) is 3.94. The highest BCUT2D eigenvalue weighted by Crippen LogP contribution is 2.19. The Morgan fingerprint density at radius 1 is 1.14 bits per heavy atom. The van der Waals surface area contributed by atoms with E-state index in [1.54, 1.807) is 48.5 Å². The number of hydrogen-bond acceptors (Lipinski definition) is 4. The van der Waals surface area contributed by atoms with Gasteiger partial charge in [-0.15, -0.1) is 0 Å². The number of nitriles is 1. The summed E-state index contributed by atoms with van der Waals surface area (Å²) in [5.74, 6) is -0.215. The van der Waals surface area contributed by atoms with Gasteiger partial charge in [0.1, 0.15) is 16.7 Å². The molecule has 0 aromatic heterocycles. The summed E-state index contributed by atoms with van der Waals surface area (Å²) in [6, 6.07) is 16.5. The molecule has 0 aliphatic rings. The highest BCUT2D eigenvalue weighted by molar-refractivity contribution is 7.95. The first-order chi connectivity index (χ1) is 10.0. The number of rotatable bonds is 4. The van der Waals surface area contributed by atoms with Gasteiger partial charge in [0.05, 0.1) is 5.75 Å². The lowest BCUT2D eigenvalue weighted by atomic mass is 10.2. The Morgan fingerprint density at radius 3 is 2.48 bits per heavy atom. The zero-order valence-electron chi connectivity index (χ0n) is 11.1. The smallest absolute Gasteiger partial charge is 0.192 e. The Morgan fingerprint density at radius 2 is 1.86 bits per heavy atom. The largest absolute Gasteiger partial charge is 0.508 e. The van der Waals surface area contributed by atoms with Gasteiger partial charge >= 0.3 is 0 Å². The number of allylic oxidation sites excluding steroid dienone is 1. The normalized spacial score (nSPS) is 11.9. The van der Waals surface area contributed by atoms with Crippen molar-refractivity contribution >= 4 is 15.9 Å². The molecule has 0 saturated carbocycles. The van der Waals surface area contributed by atoms with Crippen LogP contribution in [0.4, 0.5) is 0 Å². The maximum absolute atomic E-state index is 12.3. The Hall–Kier alpha value is -2.58. The summed E-state index contributed by atoms with van der Waals surface area (Å²) in [5.41, 5.74) is 1.08. The number of aromatic hydroxyl groups is 1. The summed E-state index contributed by atoms with van der Waals surface area (Å²) >= 11 is 0. The molecule has 0 aliphatic heterocycles. The fourth-order valence-corrected chi connectivity index (χ4v) is 3.07. The first kappa shape index (κ1) is 14.8. The fourth-order valence-electron chi connectivity index (χ4n) is 1.83. The molecule has 2 aromatic carbocycles. The average Bonchev–Trinajstić information content (AvgIpc) is 2.45. The van der Waals surface area contributed by atoms with E-state index in [9.17, 15) is 13.5 Å². The van der Waals surface area contributed by atoms with Gasteiger partial charge in [-0.05, 0) is 29.3 Å². The zero-order valence-corrected chi connectivity index (χ0v) is 11.9. The lowest BCUT2D eigenvalue weighted by Gasteiger charge is -2.03. The van der Waals surface area contributed by atoms with E-state index in [1.165, 1.54) is 18.2 Å².